The van der Waals surface area contributed by atoms with Gasteiger partial charge in [-0.05, 0) is 44.9 Å². The molecule has 3 unspecified atom stereocenters. The van der Waals surface area contributed by atoms with E-state index in [1.165, 1.54) is 154 Å². The van der Waals surface area contributed by atoms with Gasteiger partial charge < -0.3 is 20.3 Å². The Balaban J connectivity index is 4.60. The van der Waals surface area contributed by atoms with Crippen LogP contribution in [0.4, 0.5) is 0 Å². The summed E-state index contributed by atoms with van der Waals surface area (Å²) in [5.74, 6) is -0.510. The first-order chi connectivity index (χ1) is 30.0. The van der Waals surface area contributed by atoms with E-state index >= 15 is 0 Å². The van der Waals surface area contributed by atoms with Crippen LogP contribution in [0.2, 0.25) is 0 Å². The molecule has 0 aromatic rings. The molecule has 0 bridgehead atoms. The first-order valence-corrected chi connectivity index (χ1v) is 26.4. The summed E-state index contributed by atoms with van der Waals surface area (Å²) < 4.78 is 5.92. The molecule has 0 heterocycles. The van der Waals surface area contributed by atoms with Crippen molar-refractivity contribution >= 4 is 11.9 Å². The highest BCUT2D eigenvalue weighted by Crippen LogP contribution is 2.18. The van der Waals surface area contributed by atoms with Gasteiger partial charge in [0, 0.05) is 6.42 Å². The van der Waals surface area contributed by atoms with E-state index in [0.29, 0.717) is 19.3 Å². The molecule has 0 aromatic carbocycles. The number of aliphatic hydroxyl groups is 2. The minimum absolute atomic E-state index is 0.0643. The second kappa shape index (κ2) is 48.8. The molecule has 0 radical (unpaired) electrons. The van der Waals surface area contributed by atoms with Crippen LogP contribution in [0.5, 0.6) is 0 Å². The van der Waals surface area contributed by atoms with E-state index in [1.54, 1.807) is 0 Å². The molecule has 0 saturated carbocycles. The molecule has 0 aliphatic rings. The number of unbranched alkanes of at least 4 members (excludes halogenated alkanes) is 30. The number of hydrogen-bond donors (Lipinski definition) is 3. The molecule has 0 aliphatic carbocycles. The van der Waals surface area contributed by atoms with E-state index in [0.717, 1.165) is 64.2 Å². The van der Waals surface area contributed by atoms with Crippen LogP contribution in [0.3, 0.4) is 0 Å². The van der Waals surface area contributed by atoms with Gasteiger partial charge in [0.05, 0.1) is 25.2 Å². The number of allylic oxidation sites excluding steroid dienone is 8. The zero-order chi connectivity index (χ0) is 44.5. The maximum Gasteiger partial charge on any atom is 0.306 e. The molecule has 6 nitrogen and oxygen atoms in total. The zero-order valence-electron chi connectivity index (χ0n) is 40.5. The average Bonchev–Trinajstić information content (AvgIpc) is 3.25. The number of carbonyl (C=O) groups excluding carboxylic acids is 2. The average molecular weight is 856 g/mol. The predicted molar refractivity (Wildman–Crippen MR) is 264 cm³/mol. The monoisotopic (exact) mass is 856 g/mol. The highest BCUT2D eigenvalue weighted by Gasteiger charge is 2.24. The lowest BCUT2D eigenvalue weighted by Crippen LogP contribution is -2.46. The zero-order valence-corrected chi connectivity index (χ0v) is 40.5. The van der Waals surface area contributed by atoms with E-state index in [-0.39, 0.29) is 24.9 Å². The summed E-state index contributed by atoms with van der Waals surface area (Å²) >= 11 is 0. The quantitative estimate of drug-likeness (QED) is 0.0322. The second-order valence-electron chi connectivity index (χ2n) is 18.0. The molecule has 356 valence electrons. The van der Waals surface area contributed by atoms with Crippen LogP contribution in [0.15, 0.2) is 48.6 Å². The van der Waals surface area contributed by atoms with Crippen molar-refractivity contribution in [3.8, 4) is 0 Å². The number of nitrogens with one attached hydrogen (secondary N) is 1. The number of hydrogen-bond acceptors (Lipinski definition) is 5. The Morgan fingerprint density at radius 3 is 1.33 bits per heavy atom. The number of aliphatic hydroxyl groups excluding tert-OH is 2. The van der Waals surface area contributed by atoms with E-state index in [2.05, 4.69) is 50.4 Å². The molecule has 0 fully saturated rings. The molecule has 1 amide bonds. The fourth-order valence-corrected chi connectivity index (χ4v) is 8.03. The Hall–Kier alpha value is -2.18. The summed E-state index contributed by atoms with van der Waals surface area (Å²) in [6.45, 7) is 6.35. The minimum atomic E-state index is -0.793. The van der Waals surface area contributed by atoms with Crippen LogP contribution in [0, 0.1) is 0 Å². The highest BCUT2D eigenvalue weighted by molar-refractivity contribution is 5.77. The Labute approximate surface area is 378 Å². The van der Waals surface area contributed by atoms with Crippen molar-refractivity contribution in [1.29, 1.82) is 0 Å². The lowest BCUT2D eigenvalue weighted by Gasteiger charge is -2.24. The summed E-state index contributed by atoms with van der Waals surface area (Å²) in [7, 11) is 0. The number of esters is 1. The fourth-order valence-electron chi connectivity index (χ4n) is 8.03. The maximum atomic E-state index is 13.2. The molecule has 0 aromatic heterocycles. The van der Waals surface area contributed by atoms with Crippen molar-refractivity contribution in [2.75, 3.05) is 6.61 Å². The van der Waals surface area contributed by atoms with Crippen molar-refractivity contribution in [3.05, 3.63) is 48.6 Å². The Bertz CT molecular complexity index is 1050. The fraction of sp³-hybridized carbons (Fsp3) is 0.818. The van der Waals surface area contributed by atoms with Crippen molar-refractivity contribution < 1.29 is 24.5 Å². The van der Waals surface area contributed by atoms with Gasteiger partial charge >= 0.3 is 5.97 Å². The third-order valence-electron chi connectivity index (χ3n) is 12.0. The molecule has 6 heteroatoms. The van der Waals surface area contributed by atoms with Crippen LogP contribution in [0.25, 0.3) is 0 Å². The number of carbonyl (C=O) groups is 2. The molecular formula is C55H101NO5. The standard InChI is InChI=1S/C55H101NO5/c1-4-7-10-13-16-19-22-25-26-27-28-30-31-34-37-40-43-46-51(61-55(60)48-45-42-39-36-33-29-23-20-17-14-11-8-5-2)49-54(59)56-52(50-57)53(58)47-44-41-38-35-32-24-21-18-15-12-9-6-3/h8,11,14,17,20,23,29,33,51-53,57-58H,4-7,9-10,12-13,15-16,18-19,21-22,24-28,30-32,34-50H2,1-3H3,(H,56,59)/b11-8+,17-14+,23-20-,33-29-. The molecule has 0 saturated heterocycles. The summed E-state index contributed by atoms with van der Waals surface area (Å²) in [5, 5.41) is 23.8. The summed E-state index contributed by atoms with van der Waals surface area (Å²) in [4.78, 5) is 26.1. The maximum absolute atomic E-state index is 13.2. The van der Waals surface area contributed by atoms with Gasteiger partial charge in [0.15, 0.2) is 0 Å². The van der Waals surface area contributed by atoms with Gasteiger partial charge in [-0.25, -0.2) is 0 Å². The molecule has 0 aliphatic heterocycles. The van der Waals surface area contributed by atoms with Crippen molar-refractivity contribution in [1.82, 2.24) is 5.32 Å². The van der Waals surface area contributed by atoms with Gasteiger partial charge in [-0.2, -0.15) is 0 Å². The van der Waals surface area contributed by atoms with Crippen molar-refractivity contribution in [2.45, 2.75) is 283 Å². The highest BCUT2D eigenvalue weighted by atomic mass is 16.5. The molecule has 3 N–H and O–H groups in total. The van der Waals surface area contributed by atoms with Crippen molar-refractivity contribution in [2.24, 2.45) is 0 Å². The van der Waals surface area contributed by atoms with E-state index < -0.39 is 18.2 Å². The van der Waals surface area contributed by atoms with Gasteiger partial charge in [-0.15, -0.1) is 0 Å². The smallest absolute Gasteiger partial charge is 0.306 e. The normalized spacial score (nSPS) is 13.6. The summed E-state index contributed by atoms with van der Waals surface area (Å²) in [6.07, 6.45) is 58.9. The van der Waals surface area contributed by atoms with Gasteiger partial charge in [-0.1, -0.05) is 256 Å². The second-order valence-corrected chi connectivity index (χ2v) is 18.0. The summed E-state index contributed by atoms with van der Waals surface area (Å²) in [5.41, 5.74) is 0. The van der Waals surface area contributed by atoms with Crippen LogP contribution in [-0.4, -0.2) is 46.9 Å². The number of ether oxygens (including phenoxy) is 1. The van der Waals surface area contributed by atoms with Crippen LogP contribution < -0.4 is 5.32 Å². The number of amides is 1. The van der Waals surface area contributed by atoms with Crippen LogP contribution >= 0.6 is 0 Å². The molecule has 0 rings (SSSR count). The SMILES string of the molecule is CC/C=C/C=C/C=C\C=C/CCCCCC(=O)OC(CCCCCCCCCCCCCCCCCCC)CC(=O)NC(CO)C(O)CCCCCCCCCCCCCC. The molecule has 3 atom stereocenters. The third kappa shape index (κ3) is 44.2. The lowest BCUT2D eigenvalue weighted by atomic mass is 10.0. The molecule has 61 heavy (non-hydrogen) atoms. The van der Waals surface area contributed by atoms with Gasteiger partial charge in [0.2, 0.25) is 5.91 Å². The first kappa shape index (κ1) is 58.8. The minimum Gasteiger partial charge on any atom is -0.462 e. The Kier molecular flexibility index (Phi) is 47.1. The predicted octanol–water partition coefficient (Wildman–Crippen LogP) is 15.8. The number of rotatable bonds is 47. The van der Waals surface area contributed by atoms with E-state index in [9.17, 15) is 19.8 Å². The van der Waals surface area contributed by atoms with Gasteiger partial charge in [-0.3, -0.25) is 9.59 Å². The molecular weight excluding hydrogens is 755 g/mol. The van der Waals surface area contributed by atoms with E-state index in [4.69, 9.17) is 4.74 Å². The van der Waals surface area contributed by atoms with Crippen LogP contribution in [-0.2, 0) is 14.3 Å². The third-order valence-corrected chi connectivity index (χ3v) is 12.0. The van der Waals surface area contributed by atoms with E-state index in [1.807, 2.05) is 24.3 Å². The molecule has 0 spiro atoms. The van der Waals surface area contributed by atoms with Gasteiger partial charge in [0.1, 0.15) is 6.10 Å². The first-order valence-electron chi connectivity index (χ1n) is 26.4. The lowest BCUT2D eigenvalue weighted by molar-refractivity contribution is -0.151. The topological polar surface area (TPSA) is 95.9 Å². The van der Waals surface area contributed by atoms with Crippen LogP contribution in [0.1, 0.15) is 265 Å². The Morgan fingerprint density at radius 1 is 0.492 bits per heavy atom. The summed E-state index contributed by atoms with van der Waals surface area (Å²) in [6, 6.07) is -0.708. The Morgan fingerprint density at radius 2 is 0.885 bits per heavy atom. The van der Waals surface area contributed by atoms with Gasteiger partial charge in [0.25, 0.3) is 0 Å². The largest absolute Gasteiger partial charge is 0.462 e. The van der Waals surface area contributed by atoms with Crippen molar-refractivity contribution in [3.63, 3.8) is 0 Å².